The number of hydrogen-bond donors (Lipinski definition) is 1. The number of carbonyl (C=O) groups is 2. The second kappa shape index (κ2) is 8.88. The predicted octanol–water partition coefficient (Wildman–Crippen LogP) is 3.06. The summed E-state index contributed by atoms with van der Waals surface area (Å²) in [5.41, 5.74) is 3.21. The van der Waals surface area contributed by atoms with Crippen LogP contribution in [-0.4, -0.2) is 43.8 Å². The smallest absolute Gasteiger partial charge is 0.294 e. The zero-order valence-corrected chi connectivity index (χ0v) is 17.6. The number of pyridine rings is 1. The molecule has 33 heavy (non-hydrogen) atoms. The molecule has 162 valence electrons. The summed E-state index contributed by atoms with van der Waals surface area (Å²) in [4.78, 5) is 40.1. The number of guanidine groups is 1. The lowest BCUT2D eigenvalue weighted by Gasteiger charge is -2.19. The molecule has 0 saturated carbocycles. The van der Waals surface area contributed by atoms with Crippen LogP contribution in [0.3, 0.4) is 0 Å². The van der Waals surface area contributed by atoms with Gasteiger partial charge in [0, 0.05) is 29.8 Å². The average Bonchev–Trinajstić information content (AvgIpc) is 3.46. The van der Waals surface area contributed by atoms with E-state index in [0.29, 0.717) is 12.2 Å². The first-order valence-electron chi connectivity index (χ1n) is 10.4. The third-order valence-electron chi connectivity index (χ3n) is 5.25. The van der Waals surface area contributed by atoms with Crippen LogP contribution in [0.15, 0.2) is 96.4 Å². The minimum Gasteiger partial charge on any atom is -0.295 e. The van der Waals surface area contributed by atoms with Crippen LogP contribution >= 0.6 is 0 Å². The van der Waals surface area contributed by atoms with Crippen LogP contribution < -0.4 is 5.32 Å². The monoisotopic (exact) mass is 436 g/mol. The number of amides is 2. The van der Waals surface area contributed by atoms with Gasteiger partial charge in [-0.1, -0.05) is 48.5 Å². The maximum absolute atomic E-state index is 13.3. The Hall–Kier alpha value is -4.59. The summed E-state index contributed by atoms with van der Waals surface area (Å²) in [6, 6.07) is 22.7. The van der Waals surface area contributed by atoms with Gasteiger partial charge >= 0.3 is 0 Å². The Morgan fingerprint density at radius 2 is 1.64 bits per heavy atom. The van der Waals surface area contributed by atoms with Crippen molar-refractivity contribution < 1.29 is 9.59 Å². The van der Waals surface area contributed by atoms with Crippen molar-refractivity contribution in [1.29, 1.82) is 0 Å². The van der Waals surface area contributed by atoms with E-state index in [4.69, 9.17) is 0 Å². The van der Waals surface area contributed by atoms with Crippen LogP contribution in [0.5, 0.6) is 0 Å². The van der Waals surface area contributed by atoms with Gasteiger partial charge in [0.25, 0.3) is 11.8 Å². The van der Waals surface area contributed by atoms with Gasteiger partial charge in [-0.25, -0.2) is 9.98 Å². The standard InChI is InChI=1S/C25H20N6O2/c32-22-15-27-25(31(22)16-18-7-3-1-4-8-18)29-24(33)23-28-21(19-11-13-26-14-12-19)17-30(23)20-9-5-2-6-10-20/h1-14,17H,15-16H2,(H,27,29,33). The number of hydrogen-bond acceptors (Lipinski definition) is 5. The number of nitrogens with zero attached hydrogens (tertiary/aromatic N) is 5. The first-order chi connectivity index (χ1) is 16.2. The highest BCUT2D eigenvalue weighted by molar-refractivity contribution is 6.11. The van der Waals surface area contributed by atoms with Crippen molar-refractivity contribution in [3.8, 4) is 16.9 Å². The highest BCUT2D eigenvalue weighted by atomic mass is 16.2. The van der Waals surface area contributed by atoms with Crippen LogP contribution in [0.4, 0.5) is 0 Å². The van der Waals surface area contributed by atoms with E-state index in [9.17, 15) is 9.59 Å². The molecule has 2 amide bonds. The van der Waals surface area contributed by atoms with Crippen LogP contribution in [0.1, 0.15) is 16.2 Å². The Balaban J connectivity index is 1.45. The molecule has 2 aromatic heterocycles. The SMILES string of the molecule is O=C(NC1=NCC(=O)N1Cc1ccccc1)c1nc(-c2ccncc2)cn1-c1ccccc1. The molecule has 1 N–H and O–H groups in total. The molecule has 0 unspecified atom stereocenters. The Bertz CT molecular complexity index is 1320. The van der Waals surface area contributed by atoms with Crippen molar-refractivity contribution in [2.45, 2.75) is 6.54 Å². The van der Waals surface area contributed by atoms with Gasteiger partial charge in [0.05, 0.1) is 12.2 Å². The van der Waals surface area contributed by atoms with E-state index in [0.717, 1.165) is 16.8 Å². The minimum atomic E-state index is -0.453. The molecular weight excluding hydrogens is 416 g/mol. The largest absolute Gasteiger partial charge is 0.295 e. The molecule has 3 heterocycles. The third-order valence-corrected chi connectivity index (χ3v) is 5.25. The highest BCUT2D eigenvalue weighted by Gasteiger charge is 2.29. The molecule has 0 fully saturated rings. The first-order valence-corrected chi connectivity index (χ1v) is 10.4. The molecule has 0 saturated heterocycles. The van der Waals surface area contributed by atoms with Gasteiger partial charge in [0.1, 0.15) is 6.54 Å². The maximum Gasteiger partial charge on any atom is 0.294 e. The number of aromatic nitrogens is 3. The molecule has 0 bridgehead atoms. The van der Waals surface area contributed by atoms with Gasteiger partial charge in [0.15, 0.2) is 0 Å². The molecule has 1 aliphatic rings. The molecule has 5 rings (SSSR count). The van der Waals surface area contributed by atoms with Crippen molar-refractivity contribution in [3.05, 3.63) is 103 Å². The van der Waals surface area contributed by atoms with Gasteiger partial charge < -0.3 is 0 Å². The zero-order chi connectivity index (χ0) is 22.6. The normalized spacial score (nSPS) is 13.2. The summed E-state index contributed by atoms with van der Waals surface area (Å²) < 4.78 is 1.73. The molecule has 0 spiro atoms. The summed E-state index contributed by atoms with van der Waals surface area (Å²) in [7, 11) is 0. The Kier molecular flexibility index (Phi) is 5.47. The highest BCUT2D eigenvalue weighted by Crippen LogP contribution is 2.21. The molecule has 0 atom stereocenters. The van der Waals surface area contributed by atoms with Crippen molar-refractivity contribution in [2.75, 3.05) is 6.54 Å². The molecule has 4 aromatic rings. The van der Waals surface area contributed by atoms with E-state index in [2.05, 4.69) is 20.3 Å². The van der Waals surface area contributed by atoms with Gasteiger partial charge in [-0.15, -0.1) is 0 Å². The number of carbonyl (C=O) groups excluding carboxylic acids is 2. The molecule has 2 aromatic carbocycles. The number of imidazole rings is 1. The second-order valence-electron chi connectivity index (χ2n) is 7.45. The van der Waals surface area contributed by atoms with Crippen LogP contribution in [0.25, 0.3) is 16.9 Å². The summed E-state index contributed by atoms with van der Waals surface area (Å²) in [5.74, 6) is -0.208. The summed E-state index contributed by atoms with van der Waals surface area (Å²) in [6.07, 6.45) is 5.16. The topological polar surface area (TPSA) is 92.5 Å². The molecule has 8 heteroatoms. The number of para-hydroxylation sites is 1. The molecule has 0 aliphatic carbocycles. The lowest BCUT2D eigenvalue weighted by Crippen LogP contribution is -2.44. The summed E-state index contributed by atoms with van der Waals surface area (Å²) in [6.45, 7) is 0.325. The van der Waals surface area contributed by atoms with Crippen LogP contribution in [-0.2, 0) is 11.3 Å². The third kappa shape index (κ3) is 4.27. The van der Waals surface area contributed by atoms with Crippen LogP contribution in [0.2, 0.25) is 0 Å². The number of benzene rings is 2. The number of nitrogens with one attached hydrogen (secondary N) is 1. The van der Waals surface area contributed by atoms with Crippen LogP contribution in [0, 0.1) is 0 Å². The van der Waals surface area contributed by atoms with Crippen molar-refractivity contribution in [1.82, 2.24) is 24.8 Å². The van der Waals surface area contributed by atoms with E-state index < -0.39 is 5.91 Å². The lowest BCUT2D eigenvalue weighted by molar-refractivity contribution is -0.125. The zero-order valence-electron chi connectivity index (χ0n) is 17.6. The van der Waals surface area contributed by atoms with Crippen molar-refractivity contribution in [3.63, 3.8) is 0 Å². The molecule has 1 aliphatic heterocycles. The molecule has 8 nitrogen and oxygen atoms in total. The predicted molar refractivity (Wildman–Crippen MR) is 124 cm³/mol. The lowest BCUT2D eigenvalue weighted by atomic mass is 10.2. The molecular formula is C25H20N6O2. The van der Waals surface area contributed by atoms with Gasteiger partial charge in [-0.2, -0.15) is 0 Å². The Morgan fingerprint density at radius 1 is 0.939 bits per heavy atom. The summed E-state index contributed by atoms with van der Waals surface area (Å²) >= 11 is 0. The number of rotatable bonds is 5. The van der Waals surface area contributed by atoms with Gasteiger partial charge in [0.2, 0.25) is 11.8 Å². The number of aliphatic imine (C=N–C) groups is 1. The second-order valence-corrected chi connectivity index (χ2v) is 7.45. The van der Waals surface area contributed by atoms with E-state index in [1.807, 2.05) is 79.0 Å². The van der Waals surface area contributed by atoms with E-state index in [1.54, 1.807) is 17.0 Å². The van der Waals surface area contributed by atoms with Gasteiger partial charge in [-0.3, -0.25) is 29.4 Å². The summed E-state index contributed by atoms with van der Waals surface area (Å²) in [5, 5.41) is 2.79. The van der Waals surface area contributed by atoms with E-state index in [1.165, 1.54) is 4.90 Å². The van der Waals surface area contributed by atoms with Crippen molar-refractivity contribution in [2.24, 2.45) is 4.99 Å². The van der Waals surface area contributed by atoms with Gasteiger partial charge in [-0.05, 0) is 29.8 Å². The maximum atomic E-state index is 13.3. The Morgan fingerprint density at radius 3 is 2.36 bits per heavy atom. The fourth-order valence-electron chi connectivity index (χ4n) is 3.61. The van der Waals surface area contributed by atoms with E-state index >= 15 is 0 Å². The fourth-order valence-corrected chi connectivity index (χ4v) is 3.61. The average molecular weight is 436 g/mol. The first kappa shape index (κ1) is 20.3. The minimum absolute atomic E-state index is 0.00214. The molecule has 0 radical (unpaired) electrons. The fraction of sp³-hybridized carbons (Fsp3) is 0.0800. The van der Waals surface area contributed by atoms with Crippen molar-refractivity contribution >= 4 is 17.8 Å². The Labute approximate surface area is 190 Å². The van der Waals surface area contributed by atoms with E-state index in [-0.39, 0.29) is 24.2 Å². The quantitative estimate of drug-likeness (QED) is 0.520.